The second-order valence-electron chi connectivity index (χ2n) is 5.65. The van der Waals surface area contributed by atoms with Crippen molar-refractivity contribution in [1.82, 2.24) is 10.2 Å². The third-order valence-corrected chi connectivity index (χ3v) is 4.42. The van der Waals surface area contributed by atoms with Gasteiger partial charge in [0.1, 0.15) is 11.6 Å². The first-order valence-corrected chi connectivity index (χ1v) is 7.26. The van der Waals surface area contributed by atoms with Crippen molar-refractivity contribution in [3.63, 3.8) is 0 Å². The maximum absolute atomic E-state index is 12.8. The van der Waals surface area contributed by atoms with E-state index in [9.17, 15) is 9.59 Å². The lowest BCUT2D eigenvalue weighted by Crippen LogP contribution is -2.71. The summed E-state index contributed by atoms with van der Waals surface area (Å²) < 4.78 is 5.36. The smallest absolute Gasteiger partial charge is 0.248 e. The van der Waals surface area contributed by atoms with Crippen LogP contribution in [0.4, 0.5) is 0 Å². The van der Waals surface area contributed by atoms with Crippen LogP contribution in [0.15, 0.2) is 0 Å². The number of carbonyl (C=O) groups excluding carboxylic acids is 2. The zero-order valence-electron chi connectivity index (χ0n) is 12.1. The minimum absolute atomic E-state index is 0.0158. The number of hydrogen-bond acceptors (Lipinski definition) is 3. The van der Waals surface area contributed by atoms with Crippen LogP contribution in [-0.2, 0) is 14.3 Å². The molecule has 5 heteroatoms. The molecule has 0 aromatic heterocycles. The van der Waals surface area contributed by atoms with E-state index in [4.69, 9.17) is 4.74 Å². The Morgan fingerprint density at radius 1 is 1.32 bits per heavy atom. The van der Waals surface area contributed by atoms with E-state index < -0.39 is 5.54 Å². The van der Waals surface area contributed by atoms with Gasteiger partial charge in [0.15, 0.2) is 0 Å². The van der Waals surface area contributed by atoms with Gasteiger partial charge in [-0.1, -0.05) is 13.8 Å². The standard InChI is InChI=1S/C14H24N2O3/c1-4-11-12(17)15-14(3,5-2)13(18)16(11)10-6-8-19-9-7-10/h10-11H,4-9H2,1-3H3,(H,15,17). The quantitative estimate of drug-likeness (QED) is 0.833. The Balaban J connectivity index is 2.28. The lowest BCUT2D eigenvalue weighted by atomic mass is 9.88. The molecule has 2 aliphatic heterocycles. The van der Waals surface area contributed by atoms with E-state index in [1.54, 1.807) is 0 Å². The summed E-state index contributed by atoms with van der Waals surface area (Å²) in [5.41, 5.74) is -0.749. The Morgan fingerprint density at radius 2 is 1.95 bits per heavy atom. The predicted molar refractivity (Wildman–Crippen MR) is 71.6 cm³/mol. The van der Waals surface area contributed by atoms with Crippen LogP contribution in [0.2, 0.25) is 0 Å². The van der Waals surface area contributed by atoms with Crippen molar-refractivity contribution in [1.29, 1.82) is 0 Å². The molecule has 0 aromatic rings. The topological polar surface area (TPSA) is 58.6 Å². The number of ether oxygens (including phenoxy) is 1. The number of nitrogens with zero attached hydrogens (tertiary/aromatic N) is 1. The second kappa shape index (κ2) is 5.49. The average Bonchev–Trinajstić information content (AvgIpc) is 2.43. The first-order valence-electron chi connectivity index (χ1n) is 7.26. The fourth-order valence-electron chi connectivity index (χ4n) is 2.97. The molecule has 2 fully saturated rings. The van der Waals surface area contributed by atoms with Gasteiger partial charge in [-0.05, 0) is 32.6 Å². The SMILES string of the molecule is CCC1C(=O)NC(C)(CC)C(=O)N1C1CCOCC1. The molecule has 19 heavy (non-hydrogen) atoms. The molecule has 0 aromatic carbocycles. The lowest BCUT2D eigenvalue weighted by Gasteiger charge is -2.48. The molecule has 2 rings (SSSR count). The number of hydrogen-bond donors (Lipinski definition) is 1. The fraction of sp³-hybridized carbons (Fsp3) is 0.857. The van der Waals surface area contributed by atoms with Crippen molar-refractivity contribution in [2.24, 2.45) is 0 Å². The molecule has 108 valence electrons. The van der Waals surface area contributed by atoms with Gasteiger partial charge in [-0.2, -0.15) is 0 Å². The highest BCUT2D eigenvalue weighted by Gasteiger charge is 2.48. The number of amides is 2. The van der Waals surface area contributed by atoms with Gasteiger partial charge in [0.25, 0.3) is 0 Å². The lowest BCUT2D eigenvalue weighted by molar-refractivity contribution is -0.159. The Morgan fingerprint density at radius 3 is 2.47 bits per heavy atom. The molecule has 2 saturated heterocycles. The van der Waals surface area contributed by atoms with Gasteiger partial charge in [0.2, 0.25) is 11.8 Å². The van der Waals surface area contributed by atoms with Crippen molar-refractivity contribution in [3.8, 4) is 0 Å². The maximum Gasteiger partial charge on any atom is 0.248 e. The summed E-state index contributed by atoms with van der Waals surface area (Å²) in [5, 5.41) is 2.90. The molecule has 1 N–H and O–H groups in total. The van der Waals surface area contributed by atoms with Crippen LogP contribution in [0.3, 0.4) is 0 Å². The van der Waals surface area contributed by atoms with E-state index in [0.29, 0.717) is 26.1 Å². The van der Waals surface area contributed by atoms with Gasteiger partial charge in [0.05, 0.1) is 0 Å². The van der Waals surface area contributed by atoms with E-state index in [0.717, 1.165) is 12.8 Å². The minimum atomic E-state index is -0.749. The molecular weight excluding hydrogens is 244 g/mol. The van der Waals surface area contributed by atoms with Crippen LogP contribution < -0.4 is 5.32 Å². The van der Waals surface area contributed by atoms with Crippen LogP contribution in [-0.4, -0.2) is 47.6 Å². The Bertz CT molecular complexity index is 366. The van der Waals surface area contributed by atoms with Gasteiger partial charge in [-0.15, -0.1) is 0 Å². The Labute approximate surface area is 114 Å². The largest absolute Gasteiger partial charge is 0.381 e. The predicted octanol–water partition coefficient (Wildman–Crippen LogP) is 1.07. The van der Waals surface area contributed by atoms with E-state index in [1.807, 2.05) is 25.7 Å². The molecule has 2 atom stereocenters. The molecule has 2 aliphatic rings. The summed E-state index contributed by atoms with van der Waals surface area (Å²) >= 11 is 0. The highest BCUT2D eigenvalue weighted by molar-refractivity contribution is 5.99. The summed E-state index contributed by atoms with van der Waals surface area (Å²) in [6, 6.07) is -0.182. The highest BCUT2D eigenvalue weighted by atomic mass is 16.5. The molecule has 0 saturated carbocycles. The van der Waals surface area contributed by atoms with Crippen molar-refractivity contribution in [2.45, 2.75) is 64.1 Å². The van der Waals surface area contributed by atoms with Crippen LogP contribution >= 0.6 is 0 Å². The molecule has 2 heterocycles. The van der Waals surface area contributed by atoms with E-state index in [2.05, 4.69) is 5.32 Å². The third-order valence-electron chi connectivity index (χ3n) is 4.42. The average molecular weight is 268 g/mol. The fourth-order valence-corrected chi connectivity index (χ4v) is 2.97. The van der Waals surface area contributed by atoms with Crippen LogP contribution in [0.5, 0.6) is 0 Å². The molecule has 2 amide bonds. The summed E-state index contributed by atoms with van der Waals surface area (Å²) in [6.45, 7) is 7.07. The van der Waals surface area contributed by atoms with Gasteiger partial charge in [-0.25, -0.2) is 0 Å². The Kier molecular flexibility index (Phi) is 4.13. The number of rotatable bonds is 3. The first-order chi connectivity index (χ1) is 9.03. The first kappa shape index (κ1) is 14.3. The van der Waals surface area contributed by atoms with Crippen LogP contribution in [0.1, 0.15) is 46.5 Å². The second-order valence-corrected chi connectivity index (χ2v) is 5.65. The third kappa shape index (κ3) is 2.48. The van der Waals surface area contributed by atoms with E-state index >= 15 is 0 Å². The van der Waals surface area contributed by atoms with Gasteiger partial charge in [0, 0.05) is 19.3 Å². The molecule has 5 nitrogen and oxygen atoms in total. The van der Waals surface area contributed by atoms with Gasteiger partial charge >= 0.3 is 0 Å². The van der Waals surface area contributed by atoms with Crippen LogP contribution in [0.25, 0.3) is 0 Å². The van der Waals surface area contributed by atoms with Crippen LogP contribution in [0, 0.1) is 0 Å². The number of nitrogens with one attached hydrogen (secondary N) is 1. The van der Waals surface area contributed by atoms with Crippen molar-refractivity contribution in [2.75, 3.05) is 13.2 Å². The summed E-state index contributed by atoms with van der Waals surface area (Å²) in [7, 11) is 0. The Hall–Kier alpha value is -1.10. The molecule has 0 aliphatic carbocycles. The van der Waals surface area contributed by atoms with Crippen molar-refractivity contribution < 1.29 is 14.3 Å². The summed E-state index contributed by atoms with van der Waals surface area (Å²) in [4.78, 5) is 26.9. The van der Waals surface area contributed by atoms with Crippen molar-refractivity contribution in [3.05, 3.63) is 0 Å². The van der Waals surface area contributed by atoms with E-state index in [-0.39, 0.29) is 23.9 Å². The normalized spacial score (nSPS) is 33.4. The molecule has 0 spiro atoms. The van der Waals surface area contributed by atoms with Crippen molar-refractivity contribution >= 4 is 11.8 Å². The molecule has 2 unspecified atom stereocenters. The van der Waals surface area contributed by atoms with Gasteiger partial charge in [-0.3, -0.25) is 9.59 Å². The molecule has 0 radical (unpaired) electrons. The number of piperazine rings is 1. The summed E-state index contributed by atoms with van der Waals surface area (Å²) in [6.07, 6.45) is 2.94. The monoisotopic (exact) mass is 268 g/mol. The zero-order chi connectivity index (χ0) is 14.0. The highest BCUT2D eigenvalue weighted by Crippen LogP contribution is 2.28. The number of carbonyl (C=O) groups is 2. The molecular formula is C14H24N2O3. The molecule has 0 bridgehead atoms. The minimum Gasteiger partial charge on any atom is -0.381 e. The van der Waals surface area contributed by atoms with Gasteiger partial charge < -0.3 is 15.0 Å². The maximum atomic E-state index is 12.8. The zero-order valence-corrected chi connectivity index (χ0v) is 12.1. The van der Waals surface area contributed by atoms with E-state index in [1.165, 1.54) is 0 Å². The summed E-state index contributed by atoms with van der Waals surface area (Å²) in [5.74, 6) is 0.0475.